The first-order valence-corrected chi connectivity index (χ1v) is 9.01. The van der Waals surface area contributed by atoms with Gasteiger partial charge in [-0.2, -0.15) is 0 Å². The molecule has 148 valence electrons. The number of thiocarbonyl (C=S) groups is 1. The number of ether oxygens (including phenoxy) is 1. The summed E-state index contributed by atoms with van der Waals surface area (Å²) in [5, 5.41) is 3.43. The summed E-state index contributed by atoms with van der Waals surface area (Å²) in [6, 6.07) is 15.5. The molecule has 8 nitrogen and oxygen atoms in total. The lowest BCUT2D eigenvalue weighted by atomic mass is 10.1. The average Bonchev–Trinajstić information content (AvgIpc) is 3.14. The minimum absolute atomic E-state index is 0.0576. The number of hydrogen-bond donors (Lipinski definition) is 3. The van der Waals surface area contributed by atoms with Gasteiger partial charge in [0, 0.05) is 17.3 Å². The quantitative estimate of drug-likeness (QED) is 0.344. The van der Waals surface area contributed by atoms with Crippen LogP contribution in [0.5, 0.6) is 0 Å². The van der Waals surface area contributed by atoms with Crippen molar-refractivity contribution < 1.29 is 19.1 Å². The van der Waals surface area contributed by atoms with Crippen molar-refractivity contribution in [3.63, 3.8) is 0 Å². The van der Waals surface area contributed by atoms with Crippen LogP contribution in [0, 0.1) is 0 Å². The third-order valence-electron chi connectivity index (χ3n) is 4.10. The first-order valence-electron chi connectivity index (χ1n) is 8.60. The first-order chi connectivity index (χ1) is 14.0. The minimum Gasteiger partial charge on any atom is -0.465 e. The fourth-order valence-electron chi connectivity index (χ4n) is 2.68. The van der Waals surface area contributed by atoms with Gasteiger partial charge in [-0.25, -0.2) is 4.79 Å². The van der Waals surface area contributed by atoms with Crippen molar-refractivity contribution in [1.29, 1.82) is 0 Å². The molecule has 1 heterocycles. The Balaban J connectivity index is 1.49. The molecule has 0 spiro atoms. The van der Waals surface area contributed by atoms with Crippen molar-refractivity contribution in [3.05, 3.63) is 71.9 Å². The predicted molar refractivity (Wildman–Crippen MR) is 111 cm³/mol. The van der Waals surface area contributed by atoms with E-state index in [1.54, 1.807) is 4.57 Å². The molecule has 9 heteroatoms. The minimum atomic E-state index is -0.493. The van der Waals surface area contributed by atoms with Gasteiger partial charge in [0.25, 0.3) is 11.8 Å². The number of benzene rings is 2. The Labute approximate surface area is 171 Å². The number of carbonyl (C=O) groups is 3. The molecule has 0 atom stereocenters. The van der Waals surface area contributed by atoms with Crippen molar-refractivity contribution in [2.75, 3.05) is 7.11 Å². The fourth-order valence-corrected chi connectivity index (χ4v) is 2.82. The third-order valence-corrected chi connectivity index (χ3v) is 4.31. The SMILES string of the molecule is COC(=O)c1ccc(C(=O)NC(=S)NNC(=O)Cn2ccc3ccccc32)cc1. The number of esters is 1. The summed E-state index contributed by atoms with van der Waals surface area (Å²) in [5.74, 6) is -1.30. The monoisotopic (exact) mass is 410 g/mol. The molecular formula is C20H18N4O4S. The van der Waals surface area contributed by atoms with Gasteiger partial charge >= 0.3 is 5.97 Å². The van der Waals surface area contributed by atoms with Crippen LogP contribution in [0.15, 0.2) is 60.8 Å². The van der Waals surface area contributed by atoms with E-state index in [4.69, 9.17) is 12.2 Å². The van der Waals surface area contributed by atoms with Gasteiger partial charge in [-0.3, -0.25) is 25.8 Å². The van der Waals surface area contributed by atoms with Crippen LogP contribution in [0.1, 0.15) is 20.7 Å². The van der Waals surface area contributed by atoms with Crippen molar-refractivity contribution in [2.24, 2.45) is 0 Å². The zero-order chi connectivity index (χ0) is 20.8. The summed E-state index contributed by atoms with van der Waals surface area (Å²) in [6.07, 6.45) is 1.82. The van der Waals surface area contributed by atoms with Gasteiger partial charge in [0.1, 0.15) is 6.54 Å². The lowest BCUT2D eigenvalue weighted by Crippen LogP contribution is -2.49. The molecule has 0 aliphatic heterocycles. The smallest absolute Gasteiger partial charge is 0.337 e. The number of fused-ring (bicyclic) bond motifs is 1. The van der Waals surface area contributed by atoms with Gasteiger partial charge in [-0.05, 0) is 54.0 Å². The Morgan fingerprint density at radius 2 is 1.66 bits per heavy atom. The highest BCUT2D eigenvalue weighted by Crippen LogP contribution is 2.14. The molecule has 1 aromatic heterocycles. The molecule has 2 aromatic carbocycles. The van der Waals surface area contributed by atoms with Crippen LogP contribution < -0.4 is 16.2 Å². The number of methoxy groups -OCH3 is 1. The number of hydrogen-bond acceptors (Lipinski definition) is 5. The number of aromatic nitrogens is 1. The topological polar surface area (TPSA) is 101 Å². The normalized spacial score (nSPS) is 10.2. The maximum Gasteiger partial charge on any atom is 0.337 e. The van der Waals surface area contributed by atoms with Gasteiger partial charge < -0.3 is 9.30 Å². The van der Waals surface area contributed by atoms with Crippen LogP contribution in [-0.4, -0.2) is 34.6 Å². The number of rotatable bonds is 4. The van der Waals surface area contributed by atoms with Crippen LogP contribution in [0.3, 0.4) is 0 Å². The van der Waals surface area contributed by atoms with Gasteiger partial charge in [0.05, 0.1) is 12.7 Å². The van der Waals surface area contributed by atoms with E-state index in [9.17, 15) is 14.4 Å². The Bertz CT molecular complexity index is 1080. The van der Waals surface area contributed by atoms with E-state index in [1.807, 2.05) is 36.5 Å². The molecule has 0 radical (unpaired) electrons. The number of carbonyl (C=O) groups excluding carboxylic acids is 3. The van der Waals surface area contributed by atoms with E-state index < -0.39 is 11.9 Å². The zero-order valence-electron chi connectivity index (χ0n) is 15.5. The number of hydrazine groups is 1. The molecule has 3 aromatic rings. The summed E-state index contributed by atoms with van der Waals surface area (Å²) in [6.45, 7) is 0.0893. The highest BCUT2D eigenvalue weighted by Gasteiger charge is 2.11. The average molecular weight is 410 g/mol. The Morgan fingerprint density at radius 1 is 0.966 bits per heavy atom. The largest absolute Gasteiger partial charge is 0.465 e. The van der Waals surface area contributed by atoms with Gasteiger partial charge in [0.15, 0.2) is 5.11 Å². The predicted octanol–water partition coefficient (Wildman–Crippen LogP) is 1.76. The Hall–Kier alpha value is -3.72. The summed E-state index contributed by atoms with van der Waals surface area (Å²) in [5.41, 5.74) is 6.51. The Kier molecular flexibility index (Phi) is 6.20. The standard InChI is InChI=1S/C20H18N4O4S/c1-28-19(27)15-8-6-14(7-9-15)18(26)21-20(29)23-22-17(25)12-24-11-10-13-4-2-3-5-16(13)24/h2-11H,12H2,1H3,(H,22,25)(H2,21,23,26,29). The number of amides is 2. The second kappa shape index (κ2) is 8.98. The van der Waals surface area contributed by atoms with Crippen LogP contribution in [-0.2, 0) is 16.1 Å². The van der Waals surface area contributed by atoms with Gasteiger partial charge in [0.2, 0.25) is 0 Å². The van der Waals surface area contributed by atoms with E-state index in [2.05, 4.69) is 20.9 Å². The number of para-hydroxylation sites is 1. The van der Waals surface area contributed by atoms with E-state index in [0.717, 1.165) is 10.9 Å². The first kappa shape index (κ1) is 20.0. The van der Waals surface area contributed by atoms with Gasteiger partial charge in [-0.15, -0.1) is 0 Å². The van der Waals surface area contributed by atoms with E-state index in [0.29, 0.717) is 11.1 Å². The highest BCUT2D eigenvalue weighted by atomic mass is 32.1. The fraction of sp³-hybridized carbons (Fsp3) is 0.100. The molecule has 2 amide bonds. The molecule has 0 fully saturated rings. The molecule has 3 rings (SSSR count). The number of nitrogens with one attached hydrogen (secondary N) is 3. The summed E-state index contributed by atoms with van der Waals surface area (Å²) in [4.78, 5) is 35.7. The van der Waals surface area contributed by atoms with Gasteiger partial charge in [-0.1, -0.05) is 18.2 Å². The van der Waals surface area contributed by atoms with Crippen molar-refractivity contribution >= 4 is 46.0 Å². The molecule has 3 N–H and O–H groups in total. The highest BCUT2D eigenvalue weighted by molar-refractivity contribution is 7.80. The molecule has 29 heavy (non-hydrogen) atoms. The number of nitrogens with zero attached hydrogens (tertiary/aromatic N) is 1. The molecule has 0 unspecified atom stereocenters. The molecule has 0 saturated heterocycles. The maximum absolute atomic E-state index is 12.2. The summed E-state index contributed by atoms with van der Waals surface area (Å²) >= 11 is 5.02. The van der Waals surface area contributed by atoms with Crippen LogP contribution >= 0.6 is 12.2 Å². The maximum atomic E-state index is 12.2. The third kappa shape index (κ3) is 4.96. The summed E-state index contributed by atoms with van der Waals surface area (Å²) in [7, 11) is 1.28. The molecule has 0 bridgehead atoms. The second-order valence-corrected chi connectivity index (χ2v) is 6.44. The van der Waals surface area contributed by atoms with E-state index in [-0.39, 0.29) is 17.6 Å². The molecule has 0 saturated carbocycles. The van der Waals surface area contributed by atoms with Crippen LogP contribution in [0.25, 0.3) is 10.9 Å². The molecule has 0 aliphatic carbocycles. The van der Waals surface area contributed by atoms with Crippen LogP contribution in [0.4, 0.5) is 0 Å². The molecule has 0 aliphatic rings. The lowest BCUT2D eigenvalue weighted by Gasteiger charge is -2.12. The van der Waals surface area contributed by atoms with Crippen molar-refractivity contribution in [2.45, 2.75) is 6.54 Å². The van der Waals surface area contributed by atoms with Crippen LogP contribution in [0.2, 0.25) is 0 Å². The Morgan fingerprint density at radius 3 is 2.38 bits per heavy atom. The lowest BCUT2D eigenvalue weighted by molar-refractivity contribution is -0.122. The zero-order valence-corrected chi connectivity index (χ0v) is 16.3. The van der Waals surface area contributed by atoms with E-state index >= 15 is 0 Å². The molecular weight excluding hydrogens is 392 g/mol. The van der Waals surface area contributed by atoms with Crippen molar-refractivity contribution in [3.8, 4) is 0 Å². The summed E-state index contributed by atoms with van der Waals surface area (Å²) < 4.78 is 6.41. The second-order valence-electron chi connectivity index (χ2n) is 6.03. The van der Waals surface area contributed by atoms with E-state index in [1.165, 1.54) is 31.4 Å². The van der Waals surface area contributed by atoms with Crippen molar-refractivity contribution in [1.82, 2.24) is 20.7 Å².